The fourth-order valence-corrected chi connectivity index (χ4v) is 10.8. The second-order valence-electron chi connectivity index (χ2n) is 19.9. The van der Waals surface area contributed by atoms with Crippen LogP contribution in [0.1, 0.15) is 101 Å². The quantitative estimate of drug-likeness (QED) is 0.176. The molecule has 8 aromatic carbocycles. The highest BCUT2D eigenvalue weighted by Gasteiger charge is 2.51. The summed E-state index contributed by atoms with van der Waals surface area (Å²) in [5.41, 5.74) is 19.6. The molecular weight excluding hydrogens is 713 g/mol. The van der Waals surface area contributed by atoms with Crippen molar-refractivity contribution in [1.82, 2.24) is 0 Å². The number of anilines is 6. The Bertz CT molecular complexity index is 2970. The molecule has 0 bridgehead atoms. The van der Waals surface area contributed by atoms with E-state index in [2.05, 4.69) is 224 Å². The van der Waals surface area contributed by atoms with Gasteiger partial charge in [0.25, 0.3) is 0 Å². The number of para-hydroxylation sites is 2. The molecule has 3 heterocycles. The van der Waals surface area contributed by atoms with Crippen LogP contribution in [0, 0.1) is 0 Å². The zero-order valence-corrected chi connectivity index (χ0v) is 35.8. The molecule has 0 atom stereocenters. The summed E-state index contributed by atoms with van der Waals surface area (Å²) in [6.07, 6.45) is 0. The maximum absolute atomic E-state index is 2.66. The molecule has 290 valence electrons. The van der Waals surface area contributed by atoms with Crippen molar-refractivity contribution in [2.24, 2.45) is 0 Å². The van der Waals surface area contributed by atoms with Gasteiger partial charge in [0.1, 0.15) is 0 Å². The summed E-state index contributed by atoms with van der Waals surface area (Å²) in [4.78, 5) is 5.08. The summed E-state index contributed by atoms with van der Waals surface area (Å²) in [5.74, 6) is 0. The van der Waals surface area contributed by atoms with Crippen LogP contribution in [0.5, 0.6) is 0 Å². The lowest BCUT2D eigenvalue weighted by Crippen LogP contribution is -2.43. The topological polar surface area (TPSA) is 6.48 Å². The van der Waals surface area contributed by atoms with Gasteiger partial charge < -0.3 is 9.80 Å². The van der Waals surface area contributed by atoms with Crippen molar-refractivity contribution < 1.29 is 0 Å². The maximum atomic E-state index is 2.66. The number of nitrogens with zero attached hydrogens (tertiary/aromatic N) is 2. The van der Waals surface area contributed by atoms with Crippen LogP contribution in [-0.2, 0) is 21.7 Å². The van der Waals surface area contributed by atoms with E-state index in [1.165, 1.54) is 94.4 Å². The first-order valence-electron chi connectivity index (χ1n) is 21.4. The fourth-order valence-electron chi connectivity index (χ4n) is 10.8. The average Bonchev–Trinajstić information content (AvgIpc) is 3.22. The number of fused-ring (bicyclic) bond motifs is 2. The molecule has 8 aromatic rings. The second kappa shape index (κ2) is 12.0. The van der Waals surface area contributed by atoms with Crippen molar-refractivity contribution in [3.63, 3.8) is 0 Å². The zero-order valence-electron chi connectivity index (χ0n) is 35.8. The van der Waals surface area contributed by atoms with Crippen molar-refractivity contribution in [3.8, 4) is 11.1 Å². The van der Waals surface area contributed by atoms with E-state index in [-0.39, 0.29) is 21.7 Å². The summed E-state index contributed by atoms with van der Waals surface area (Å²) in [7, 11) is 0. The van der Waals surface area contributed by atoms with Gasteiger partial charge in [-0.3, -0.25) is 0 Å². The third-order valence-electron chi connectivity index (χ3n) is 14.3. The number of hydrogen-bond acceptors (Lipinski definition) is 2. The molecule has 0 unspecified atom stereocenters. The first-order valence-corrected chi connectivity index (χ1v) is 21.4. The minimum Gasteiger partial charge on any atom is -0.310 e. The number of benzene rings is 8. The summed E-state index contributed by atoms with van der Waals surface area (Å²) in [5, 5.41) is 4.93. The summed E-state index contributed by atoms with van der Waals surface area (Å²) < 4.78 is 0. The lowest BCUT2D eigenvalue weighted by atomic mass is 9.60. The number of rotatable bonds is 4. The van der Waals surface area contributed by atoms with Crippen LogP contribution in [0.25, 0.3) is 32.7 Å². The molecule has 0 fully saturated rings. The molecule has 2 heteroatoms. The third kappa shape index (κ3) is 4.99. The maximum Gasteiger partial charge on any atom is 0.0544 e. The first-order chi connectivity index (χ1) is 28.2. The van der Waals surface area contributed by atoms with Crippen molar-refractivity contribution in [2.75, 3.05) is 9.80 Å². The van der Waals surface area contributed by atoms with Crippen molar-refractivity contribution >= 4 is 55.7 Å². The molecule has 3 aliphatic heterocycles. The van der Waals surface area contributed by atoms with Gasteiger partial charge in [-0.15, -0.1) is 0 Å². The van der Waals surface area contributed by atoms with Gasteiger partial charge in [-0.05, 0) is 120 Å². The van der Waals surface area contributed by atoms with Crippen LogP contribution in [0.3, 0.4) is 0 Å². The molecule has 2 nitrogen and oxygen atoms in total. The van der Waals surface area contributed by atoms with Gasteiger partial charge in [-0.25, -0.2) is 0 Å². The Kier molecular flexibility index (Phi) is 7.31. The largest absolute Gasteiger partial charge is 0.310 e. The van der Waals surface area contributed by atoms with E-state index in [0.717, 1.165) is 11.4 Å². The summed E-state index contributed by atoms with van der Waals surface area (Å²) in [6.45, 7) is 21.4. The van der Waals surface area contributed by atoms with Gasteiger partial charge in [-0.1, -0.05) is 165 Å². The molecule has 11 rings (SSSR count). The molecule has 3 aliphatic rings. The highest BCUT2D eigenvalue weighted by molar-refractivity contribution is 6.02. The Balaban J connectivity index is 1.06. The lowest BCUT2D eigenvalue weighted by Gasteiger charge is -2.55. The first kappa shape index (κ1) is 36.0. The van der Waals surface area contributed by atoms with E-state index in [0.29, 0.717) is 0 Å². The SMILES string of the molecule is CC(C)(C)c1ccc(N(c2ccc3cc(-c4cc5c6c(c4)C(C)(C)c4cccc7c4N6c4c(cccc4C5(C)C)C7(C)C)ccc3c2)c2cccc3ccccc23)cc1. The van der Waals surface area contributed by atoms with Crippen molar-refractivity contribution in [3.05, 3.63) is 191 Å². The minimum absolute atomic E-state index is 0.0809. The van der Waals surface area contributed by atoms with E-state index in [4.69, 9.17) is 0 Å². The van der Waals surface area contributed by atoms with E-state index in [1.54, 1.807) is 0 Å². The Labute approximate surface area is 349 Å². The molecule has 0 N–H and O–H groups in total. The molecule has 0 aromatic heterocycles. The van der Waals surface area contributed by atoms with E-state index in [1.807, 2.05) is 0 Å². The third-order valence-corrected chi connectivity index (χ3v) is 14.3. The van der Waals surface area contributed by atoms with Crippen molar-refractivity contribution in [1.29, 1.82) is 0 Å². The monoisotopic (exact) mass is 764 g/mol. The second-order valence-corrected chi connectivity index (χ2v) is 19.9. The predicted molar refractivity (Wildman–Crippen MR) is 251 cm³/mol. The molecule has 59 heavy (non-hydrogen) atoms. The molecule has 0 saturated heterocycles. The minimum atomic E-state index is -0.181. The molecule has 0 aliphatic carbocycles. The normalized spacial score (nSPS) is 16.3. The van der Waals surface area contributed by atoms with Gasteiger partial charge in [0.15, 0.2) is 0 Å². The average molecular weight is 765 g/mol. The lowest BCUT2D eigenvalue weighted by molar-refractivity contribution is 0.567. The van der Waals surface area contributed by atoms with Crippen LogP contribution in [0.4, 0.5) is 34.1 Å². The Morgan fingerprint density at radius 2 is 0.898 bits per heavy atom. The van der Waals surface area contributed by atoms with Crippen LogP contribution in [0.15, 0.2) is 152 Å². The standard InChI is InChI=1S/C57H52N2/c1-54(2,3)40-26-29-41(30-27-40)58(50-22-12-16-35-15-10-11-17-43(35)50)42-28-25-36-31-37(23-24-38(36)32-42)39-33-48-53-49(34-39)57(8,9)47-21-14-19-45-52(47)59(53)51-44(55(45,4)5)18-13-20-46(51)56(48,6)7/h10-34H,1-9H3. The Morgan fingerprint density at radius 1 is 0.407 bits per heavy atom. The van der Waals surface area contributed by atoms with Crippen molar-refractivity contribution in [2.45, 2.75) is 84.0 Å². The van der Waals surface area contributed by atoms with Gasteiger partial charge in [0, 0.05) is 33.0 Å². The van der Waals surface area contributed by atoms with Gasteiger partial charge >= 0.3 is 0 Å². The van der Waals surface area contributed by atoms with Gasteiger partial charge in [0.05, 0.1) is 22.7 Å². The van der Waals surface area contributed by atoms with Crippen LogP contribution >= 0.6 is 0 Å². The van der Waals surface area contributed by atoms with Crippen LogP contribution in [0.2, 0.25) is 0 Å². The molecule has 0 spiro atoms. The molecule has 0 amide bonds. The zero-order chi connectivity index (χ0) is 40.8. The number of hydrogen-bond donors (Lipinski definition) is 0. The van der Waals surface area contributed by atoms with E-state index < -0.39 is 0 Å². The smallest absolute Gasteiger partial charge is 0.0544 e. The van der Waals surface area contributed by atoms with E-state index in [9.17, 15) is 0 Å². The Hall–Kier alpha value is -6.12. The molecule has 0 saturated carbocycles. The van der Waals surface area contributed by atoms with Crippen LogP contribution in [-0.4, -0.2) is 0 Å². The predicted octanol–water partition coefficient (Wildman–Crippen LogP) is 15.8. The highest BCUT2D eigenvalue weighted by Crippen LogP contribution is 2.66. The van der Waals surface area contributed by atoms with Gasteiger partial charge in [-0.2, -0.15) is 0 Å². The summed E-state index contributed by atoms with van der Waals surface area (Å²) >= 11 is 0. The molecular formula is C57H52N2. The molecule has 0 radical (unpaired) electrons. The Morgan fingerprint density at radius 3 is 1.51 bits per heavy atom. The van der Waals surface area contributed by atoms with Crippen LogP contribution < -0.4 is 9.80 Å². The highest BCUT2D eigenvalue weighted by atomic mass is 15.2. The van der Waals surface area contributed by atoms with E-state index >= 15 is 0 Å². The fraction of sp³-hybridized carbons (Fsp3) is 0.228. The van der Waals surface area contributed by atoms with Gasteiger partial charge in [0.2, 0.25) is 0 Å². The summed E-state index contributed by atoms with van der Waals surface area (Å²) in [6, 6.07) is 57.6.